The highest BCUT2D eigenvalue weighted by Gasteiger charge is 2.04. The summed E-state index contributed by atoms with van der Waals surface area (Å²) in [6.45, 7) is 3.45. The van der Waals surface area contributed by atoms with Crippen molar-refractivity contribution in [2.24, 2.45) is 0 Å². The van der Waals surface area contributed by atoms with Crippen molar-refractivity contribution in [1.29, 1.82) is 0 Å². The zero-order valence-corrected chi connectivity index (χ0v) is 6.16. The van der Waals surface area contributed by atoms with Crippen LogP contribution in [0.25, 0.3) is 0 Å². The van der Waals surface area contributed by atoms with Crippen molar-refractivity contribution in [2.75, 3.05) is 0 Å². The van der Waals surface area contributed by atoms with Crippen LogP contribution in [0.3, 0.4) is 0 Å². The minimum Gasteiger partial charge on any atom is -0.294 e. The van der Waals surface area contributed by atoms with E-state index in [1.54, 1.807) is 13.1 Å². The quantitative estimate of drug-likeness (QED) is 0.557. The van der Waals surface area contributed by atoms with E-state index in [1.807, 2.05) is 6.92 Å². The van der Waals surface area contributed by atoms with Crippen LogP contribution in [-0.2, 0) is 0 Å². The third-order valence-corrected chi connectivity index (χ3v) is 2.07. The lowest BCUT2D eigenvalue weighted by atomic mass is 10.2. The van der Waals surface area contributed by atoms with Crippen LogP contribution in [0.15, 0.2) is 6.20 Å². The number of nitrogens with zero attached hydrogens (tertiary/aromatic N) is 1. The highest BCUT2D eigenvalue weighted by Crippen LogP contribution is 2.11. The molecule has 1 aromatic rings. The van der Waals surface area contributed by atoms with Crippen LogP contribution in [0.4, 0.5) is 0 Å². The molecule has 48 valence electrons. The molecule has 0 spiro atoms. The number of aromatic nitrogens is 1. The largest absolute Gasteiger partial charge is 0.294 e. The number of Topliss-reactive ketones (excluding diaryl/α,β-unsaturated/α-hetero) is 1. The average molecular weight is 141 g/mol. The Labute approximate surface area is 57.7 Å². The highest BCUT2D eigenvalue weighted by molar-refractivity contribution is 7.08. The Morgan fingerprint density at radius 3 is 2.67 bits per heavy atom. The van der Waals surface area contributed by atoms with Gasteiger partial charge < -0.3 is 0 Å². The zero-order chi connectivity index (χ0) is 6.85. The van der Waals surface area contributed by atoms with Crippen LogP contribution in [0.5, 0.6) is 0 Å². The van der Waals surface area contributed by atoms with Gasteiger partial charge >= 0.3 is 0 Å². The molecular weight excluding hydrogens is 134 g/mol. The van der Waals surface area contributed by atoms with Crippen LogP contribution >= 0.6 is 11.5 Å². The standard InChI is InChI=1S/C6H7NOS/c1-4-3-7-9-6(4)5(2)8/h3H,1-2H3. The molecule has 0 aliphatic carbocycles. The van der Waals surface area contributed by atoms with Gasteiger partial charge in [0.05, 0.1) is 4.88 Å². The van der Waals surface area contributed by atoms with Gasteiger partial charge in [-0.1, -0.05) is 0 Å². The number of ketones is 1. The lowest BCUT2D eigenvalue weighted by Crippen LogP contribution is -1.87. The maximum atomic E-state index is 10.7. The molecule has 0 radical (unpaired) electrons. The van der Waals surface area contributed by atoms with E-state index in [1.165, 1.54) is 11.5 Å². The number of hydrogen-bond acceptors (Lipinski definition) is 3. The Kier molecular flexibility index (Phi) is 1.62. The molecule has 0 saturated carbocycles. The van der Waals surface area contributed by atoms with Gasteiger partial charge in [0.2, 0.25) is 0 Å². The Bertz CT molecular complexity index is 229. The number of carbonyl (C=O) groups is 1. The lowest BCUT2D eigenvalue weighted by Gasteiger charge is -1.85. The molecule has 0 aliphatic rings. The SMILES string of the molecule is CC(=O)c1sncc1C. The van der Waals surface area contributed by atoms with Crippen molar-refractivity contribution in [3.05, 3.63) is 16.6 Å². The normalized spacial score (nSPS) is 9.56. The summed E-state index contributed by atoms with van der Waals surface area (Å²) in [5.41, 5.74) is 0.979. The number of hydrogen-bond donors (Lipinski definition) is 0. The van der Waals surface area contributed by atoms with Crippen molar-refractivity contribution < 1.29 is 4.79 Å². The second-order valence-electron chi connectivity index (χ2n) is 1.89. The molecule has 0 bridgehead atoms. The van der Waals surface area contributed by atoms with E-state index in [9.17, 15) is 4.79 Å². The topological polar surface area (TPSA) is 30.0 Å². The van der Waals surface area contributed by atoms with E-state index < -0.39 is 0 Å². The van der Waals surface area contributed by atoms with Gasteiger partial charge in [0.15, 0.2) is 5.78 Å². The Hall–Kier alpha value is -0.700. The van der Waals surface area contributed by atoms with Crippen molar-refractivity contribution >= 4 is 17.3 Å². The summed E-state index contributed by atoms with van der Waals surface area (Å²) in [5, 5.41) is 0. The van der Waals surface area contributed by atoms with Gasteiger partial charge in [0.1, 0.15) is 0 Å². The number of carbonyl (C=O) groups excluding carboxylic acids is 1. The molecule has 0 unspecified atom stereocenters. The molecule has 0 atom stereocenters. The first kappa shape index (κ1) is 6.42. The molecule has 0 aromatic carbocycles. The second kappa shape index (κ2) is 2.27. The third kappa shape index (κ3) is 1.16. The molecule has 2 nitrogen and oxygen atoms in total. The molecule has 0 N–H and O–H groups in total. The first-order valence-electron chi connectivity index (χ1n) is 2.64. The van der Waals surface area contributed by atoms with Crippen LogP contribution in [0, 0.1) is 6.92 Å². The first-order chi connectivity index (χ1) is 4.22. The van der Waals surface area contributed by atoms with Crippen molar-refractivity contribution in [3.63, 3.8) is 0 Å². The molecule has 1 heterocycles. The fraction of sp³-hybridized carbons (Fsp3) is 0.333. The van der Waals surface area contributed by atoms with E-state index >= 15 is 0 Å². The van der Waals surface area contributed by atoms with E-state index in [4.69, 9.17) is 0 Å². The Morgan fingerprint density at radius 1 is 1.78 bits per heavy atom. The smallest absolute Gasteiger partial charge is 0.171 e. The molecule has 0 saturated heterocycles. The predicted molar refractivity (Wildman–Crippen MR) is 36.9 cm³/mol. The second-order valence-corrected chi connectivity index (χ2v) is 2.70. The van der Waals surface area contributed by atoms with Gasteiger partial charge in [0.25, 0.3) is 0 Å². The summed E-state index contributed by atoms with van der Waals surface area (Å²) in [7, 11) is 0. The molecule has 0 amide bonds. The van der Waals surface area contributed by atoms with Crippen molar-refractivity contribution in [3.8, 4) is 0 Å². The third-order valence-electron chi connectivity index (χ3n) is 1.07. The van der Waals surface area contributed by atoms with Gasteiger partial charge in [-0.3, -0.25) is 4.79 Å². The zero-order valence-electron chi connectivity index (χ0n) is 5.34. The van der Waals surface area contributed by atoms with Gasteiger partial charge in [-0.05, 0) is 24.0 Å². The van der Waals surface area contributed by atoms with E-state index in [2.05, 4.69) is 4.37 Å². The molecule has 0 aliphatic heterocycles. The summed E-state index contributed by atoms with van der Waals surface area (Å²) < 4.78 is 3.86. The summed E-state index contributed by atoms with van der Waals surface area (Å²) in [4.78, 5) is 11.5. The Balaban J connectivity index is 3.08. The van der Waals surface area contributed by atoms with Gasteiger partial charge in [-0.15, -0.1) is 0 Å². The molecule has 0 fully saturated rings. The molecular formula is C6H7NOS. The van der Waals surface area contributed by atoms with E-state index in [-0.39, 0.29) is 5.78 Å². The van der Waals surface area contributed by atoms with Crippen LogP contribution in [-0.4, -0.2) is 10.2 Å². The van der Waals surface area contributed by atoms with Crippen LogP contribution in [0.1, 0.15) is 22.2 Å². The molecule has 3 heteroatoms. The van der Waals surface area contributed by atoms with Crippen LogP contribution in [0.2, 0.25) is 0 Å². The first-order valence-corrected chi connectivity index (χ1v) is 3.41. The fourth-order valence-electron chi connectivity index (χ4n) is 0.631. The summed E-state index contributed by atoms with van der Waals surface area (Å²) >= 11 is 1.26. The minimum atomic E-state index is 0.106. The fourth-order valence-corrected chi connectivity index (χ4v) is 1.27. The van der Waals surface area contributed by atoms with Crippen molar-refractivity contribution in [2.45, 2.75) is 13.8 Å². The van der Waals surface area contributed by atoms with Gasteiger partial charge in [-0.25, -0.2) is 4.37 Å². The lowest BCUT2D eigenvalue weighted by molar-refractivity contribution is 0.102. The maximum Gasteiger partial charge on any atom is 0.171 e. The average Bonchev–Trinajstić information content (AvgIpc) is 2.13. The Morgan fingerprint density at radius 2 is 2.44 bits per heavy atom. The molecule has 1 aromatic heterocycles. The van der Waals surface area contributed by atoms with E-state index in [0.717, 1.165) is 10.4 Å². The number of aryl methyl sites for hydroxylation is 1. The highest BCUT2D eigenvalue weighted by atomic mass is 32.1. The van der Waals surface area contributed by atoms with E-state index in [0.29, 0.717) is 0 Å². The van der Waals surface area contributed by atoms with Gasteiger partial charge in [0, 0.05) is 13.1 Å². The van der Waals surface area contributed by atoms with Crippen molar-refractivity contribution in [1.82, 2.24) is 4.37 Å². The number of rotatable bonds is 1. The molecule has 9 heavy (non-hydrogen) atoms. The minimum absolute atomic E-state index is 0.106. The predicted octanol–water partition coefficient (Wildman–Crippen LogP) is 1.65. The molecule has 1 rings (SSSR count). The summed E-state index contributed by atoms with van der Waals surface area (Å²) in [6.07, 6.45) is 1.71. The summed E-state index contributed by atoms with van der Waals surface area (Å²) in [5.74, 6) is 0.106. The summed E-state index contributed by atoms with van der Waals surface area (Å²) in [6, 6.07) is 0. The van der Waals surface area contributed by atoms with Gasteiger partial charge in [-0.2, -0.15) is 0 Å². The maximum absolute atomic E-state index is 10.7. The monoisotopic (exact) mass is 141 g/mol. The van der Waals surface area contributed by atoms with Crippen LogP contribution < -0.4 is 0 Å².